The summed E-state index contributed by atoms with van der Waals surface area (Å²) in [6.07, 6.45) is 5.08. The number of aryl methyl sites for hydroxylation is 1. The molecule has 0 spiro atoms. The summed E-state index contributed by atoms with van der Waals surface area (Å²) in [5.74, 6) is 1.46. The topological polar surface area (TPSA) is 78.6 Å². The molecule has 0 radical (unpaired) electrons. The van der Waals surface area contributed by atoms with Crippen molar-refractivity contribution in [2.75, 3.05) is 7.11 Å². The average molecular weight is 492 g/mol. The first-order valence-electron chi connectivity index (χ1n) is 13.5. The molecule has 0 saturated heterocycles. The van der Waals surface area contributed by atoms with Crippen LogP contribution in [0.5, 0.6) is 5.75 Å². The molecule has 2 fully saturated rings. The Labute approximate surface area is 215 Å². The zero-order valence-corrected chi connectivity index (χ0v) is 22.2. The minimum atomic E-state index is -0.431. The monoisotopic (exact) mass is 491 g/mol. The van der Waals surface area contributed by atoms with Crippen molar-refractivity contribution < 1.29 is 19.1 Å². The highest BCUT2D eigenvalue weighted by Crippen LogP contribution is 2.63. The predicted molar refractivity (Wildman–Crippen MR) is 142 cm³/mol. The van der Waals surface area contributed by atoms with Crippen LogP contribution in [-0.2, 0) is 27.4 Å². The molecule has 0 aliphatic heterocycles. The fourth-order valence-electron chi connectivity index (χ4n) is 7.31. The molecule has 3 aliphatic rings. The molecule has 2 aromatic rings. The maximum absolute atomic E-state index is 13.2. The summed E-state index contributed by atoms with van der Waals surface area (Å²) in [4.78, 5) is 25.0. The largest absolute Gasteiger partial charge is 0.489 e. The number of benzene rings is 2. The highest BCUT2D eigenvalue weighted by atomic mass is 16.5. The standard InChI is InChI=1S/C29H35NO4.C2H6/c1-28-14-13-24-23-10-9-22(34-18-19-6-4-3-5-7-19)16-20(23)12-15-29(24,30)27(28)21(17-25(28)31)8-11-26(32)33-2;1-2/h3-7,9-10,16,21,24,27H,8,11-15,17-18,30H2,1-2H3;1-2H3. The van der Waals surface area contributed by atoms with E-state index in [1.165, 1.54) is 18.2 Å². The van der Waals surface area contributed by atoms with E-state index in [-0.39, 0.29) is 29.1 Å². The molecule has 5 rings (SSSR count). The van der Waals surface area contributed by atoms with Crippen molar-refractivity contribution in [2.24, 2.45) is 23.0 Å². The van der Waals surface area contributed by atoms with Gasteiger partial charge >= 0.3 is 5.97 Å². The number of hydrogen-bond donors (Lipinski definition) is 1. The molecule has 2 N–H and O–H groups in total. The molecule has 2 aromatic carbocycles. The lowest BCUT2D eigenvalue weighted by Gasteiger charge is -2.56. The zero-order chi connectivity index (χ0) is 25.9. The third kappa shape index (κ3) is 4.70. The van der Waals surface area contributed by atoms with Crippen molar-refractivity contribution in [3.63, 3.8) is 0 Å². The second-order valence-corrected chi connectivity index (χ2v) is 10.7. The van der Waals surface area contributed by atoms with Gasteiger partial charge in [0.05, 0.1) is 7.11 Å². The van der Waals surface area contributed by atoms with E-state index in [0.29, 0.717) is 31.7 Å². The number of ketones is 1. The molecule has 0 heterocycles. The van der Waals surface area contributed by atoms with Gasteiger partial charge in [0.25, 0.3) is 0 Å². The Morgan fingerprint density at radius 1 is 1.11 bits per heavy atom. The summed E-state index contributed by atoms with van der Waals surface area (Å²) in [5.41, 5.74) is 10.3. The molecule has 36 heavy (non-hydrogen) atoms. The lowest BCUT2D eigenvalue weighted by Crippen LogP contribution is -2.62. The molecule has 5 heteroatoms. The normalized spacial score (nSPS) is 30.2. The highest BCUT2D eigenvalue weighted by Gasteiger charge is 2.63. The molecule has 2 saturated carbocycles. The van der Waals surface area contributed by atoms with Gasteiger partial charge in [0.15, 0.2) is 0 Å². The predicted octanol–water partition coefficient (Wildman–Crippen LogP) is 5.98. The first-order valence-corrected chi connectivity index (χ1v) is 13.5. The van der Waals surface area contributed by atoms with Gasteiger partial charge in [-0.1, -0.05) is 57.2 Å². The Bertz CT molecular complexity index is 1080. The van der Waals surface area contributed by atoms with E-state index >= 15 is 0 Å². The molecule has 5 unspecified atom stereocenters. The lowest BCUT2D eigenvalue weighted by molar-refractivity contribution is -0.141. The van der Waals surface area contributed by atoms with Gasteiger partial charge in [0.1, 0.15) is 18.1 Å². The van der Waals surface area contributed by atoms with Crippen LogP contribution < -0.4 is 10.5 Å². The van der Waals surface area contributed by atoms with E-state index in [1.54, 1.807) is 0 Å². The van der Waals surface area contributed by atoms with Crippen LogP contribution in [0.1, 0.15) is 81.9 Å². The van der Waals surface area contributed by atoms with Crippen molar-refractivity contribution in [2.45, 2.75) is 83.8 Å². The van der Waals surface area contributed by atoms with Gasteiger partial charge < -0.3 is 15.2 Å². The quantitative estimate of drug-likeness (QED) is 0.503. The molecular formula is C31H41NO4. The molecule has 5 nitrogen and oxygen atoms in total. The third-order valence-corrected chi connectivity index (χ3v) is 8.94. The maximum atomic E-state index is 13.2. The average Bonchev–Trinajstić information content (AvgIpc) is 3.17. The fourth-order valence-corrected chi connectivity index (χ4v) is 7.31. The van der Waals surface area contributed by atoms with Gasteiger partial charge in [0.2, 0.25) is 0 Å². The van der Waals surface area contributed by atoms with Crippen molar-refractivity contribution in [3.8, 4) is 5.75 Å². The van der Waals surface area contributed by atoms with Gasteiger partial charge in [-0.25, -0.2) is 0 Å². The summed E-state index contributed by atoms with van der Waals surface area (Å²) < 4.78 is 10.9. The minimum Gasteiger partial charge on any atom is -0.489 e. The number of Topliss-reactive ketones (excluding diaryl/α,β-unsaturated/α-hetero) is 1. The zero-order valence-electron chi connectivity index (χ0n) is 22.2. The van der Waals surface area contributed by atoms with Crippen LogP contribution in [0.15, 0.2) is 48.5 Å². The number of hydrogen-bond acceptors (Lipinski definition) is 5. The van der Waals surface area contributed by atoms with Gasteiger partial charge in [-0.2, -0.15) is 0 Å². The molecule has 5 atom stereocenters. The summed E-state index contributed by atoms with van der Waals surface area (Å²) in [6, 6.07) is 16.6. The first kappa shape index (κ1) is 26.4. The van der Waals surface area contributed by atoms with Crippen molar-refractivity contribution >= 4 is 11.8 Å². The van der Waals surface area contributed by atoms with Crippen LogP contribution in [0.25, 0.3) is 0 Å². The second-order valence-electron chi connectivity index (χ2n) is 10.7. The Balaban J connectivity index is 0.00000148. The SMILES string of the molecule is CC.COC(=O)CCC1CC(=O)C2(C)CCC3c4ccc(OCc5ccccc5)cc4CCC3(N)C12. The smallest absolute Gasteiger partial charge is 0.305 e. The number of carbonyl (C=O) groups excluding carboxylic acids is 2. The van der Waals surface area contributed by atoms with Crippen LogP contribution in [0.4, 0.5) is 0 Å². The molecular weight excluding hydrogens is 450 g/mol. The van der Waals surface area contributed by atoms with E-state index in [4.69, 9.17) is 15.2 Å². The second kappa shape index (κ2) is 10.8. The number of nitrogens with two attached hydrogens (primary N) is 1. The molecule has 194 valence electrons. The number of rotatable bonds is 6. The maximum Gasteiger partial charge on any atom is 0.305 e. The number of esters is 1. The van der Waals surface area contributed by atoms with Crippen LogP contribution in [0.2, 0.25) is 0 Å². The fraction of sp³-hybridized carbons (Fsp3) is 0.548. The van der Waals surface area contributed by atoms with Crippen LogP contribution in [0, 0.1) is 17.3 Å². The van der Waals surface area contributed by atoms with Crippen LogP contribution >= 0.6 is 0 Å². The number of methoxy groups -OCH3 is 1. The molecule has 0 aromatic heterocycles. The van der Waals surface area contributed by atoms with Gasteiger partial charge in [-0.3, -0.25) is 9.59 Å². The summed E-state index contributed by atoms with van der Waals surface area (Å²) in [7, 11) is 1.42. The Morgan fingerprint density at radius 3 is 2.58 bits per heavy atom. The highest BCUT2D eigenvalue weighted by molar-refractivity contribution is 5.88. The van der Waals surface area contributed by atoms with Crippen molar-refractivity contribution in [1.82, 2.24) is 0 Å². The van der Waals surface area contributed by atoms with E-state index < -0.39 is 5.54 Å². The summed E-state index contributed by atoms with van der Waals surface area (Å²) in [6.45, 7) is 6.67. The van der Waals surface area contributed by atoms with E-state index in [0.717, 1.165) is 37.0 Å². The summed E-state index contributed by atoms with van der Waals surface area (Å²) >= 11 is 0. The number of ether oxygens (including phenoxy) is 2. The number of carbonyl (C=O) groups is 2. The Morgan fingerprint density at radius 2 is 1.86 bits per heavy atom. The van der Waals surface area contributed by atoms with E-state index in [2.05, 4.69) is 37.3 Å². The van der Waals surface area contributed by atoms with Gasteiger partial charge in [-0.15, -0.1) is 0 Å². The van der Waals surface area contributed by atoms with Crippen molar-refractivity contribution in [1.29, 1.82) is 0 Å². The van der Waals surface area contributed by atoms with Crippen LogP contribution in [-0.4, -0.2) is 24.4 Å². The Hall–Kier alpha value is -2.66. The van der Waals surface area contributed by atoms with Gasteiger partial charge in [-0.05, 0) is 72.8 Å². The van der Waals surface area contributed by atoms with E-state index in [1.807, 2.05) is 32.0 Å². The van der Waals surface area contributed by atoms with Gasteiger partial charge in [0, 0.05) is 29.7 Å². The summed E-state index contributed by atoms with van der Waals surface area (Å²) in [5, 5.41) is 0. The first-order chi connectivity index (χ1) is 17.3. The Kier molecular flexibility index (Phi) is 7.89. The molecule has 0 bridgehead atoms. The third-order valence-electron chi connectivity index (χ3n) is 8.94. The number of fused-ring (bicyclic) bond motifs is 5. The molecule has 3 aliphatic carbocycles. The molecule has 0 amide bonds. The van der Waals surface area contributed by atoms with Crippen LogP contribution in [0.3, 0.4) is 0 Å². The van der Waals surface area contributed by atoms with Crippen molar-refractivity contribution in [3.05, 3.63) is 65.2 Å². The van der Waals surface area contributed by atoms with E-state index in [9.17, 15) is 9.59 Å². The minimum absolute atomic E-state index is 0.0954. The lowest BCUT2D eigenvalue weighted by atomic mass is 9.50.